The summed E-state index contributed by atoms with van der Waals surface area (Å²) in [5, 5.41) is 3.28. The first-order valence-corrected chi connectivity index (χ1v) is 9.44. The predicted molar refractivity (Wildman–Crippen MR) is 102 cm³/mol. The van der Waals surface area contributed by atoms with Gasteiger partial charge in [0.2, 0.25) is 5.91 Å². The number of piperidine rings is 1. The molecule has 146 valence electrons. The fraction of sp³-hybridized carbons (Fsp3) is 0.500. The predicted octanol–water partition coefficient (Wildman–Crippen LogP) is 3.54. The molecule has 2 heterocycles. The van der Waals surface area contributed by atoms with E-state index in [9.17, 15) is 14.0 Å². The molecule has 0 radical (unpaired) electrons. The van der Waals surface area contributed by atoms with E-state index >= 15 is 0 Å². The number of hydrogen-bond acceptors (Lipinski definition) is 4. The van der Waals surface area contributed by atoms with Crippen LogP contribution < -0.4 is 5.32 Å². The number of nitrogens with zero attached hydrogens (tertiary/aromatic N) is 1. The largest absolute Gasteiger partial charge is 0.461 e. The highest BCUT2D eigenvalue weighted by molar-refractivity contribution is 6.11. The summed E-state index contributed by atoms with van der Waals surface area (Å²) in [6.45, 7) is 7.68. The van der Waals surface area contributed by atoms with E-state index in [0.717, 1.165) is 19.5 Å². The Hall–Kier alpha value is -2.41. The molecule has 1 aromatic heterocycles. The molecule has 7 heteroatoms. The van der Waals surface area contributed by atoms with E-state index in [1.807, 2.05) is 6.92 Å². The van der Waals surface area contributed by atoms with Gasteiger partial charge >= 0.3 is 5.97 Å². The lowest BCUT2D eigenvalue weighted by atomic mass is 9.99. The lowest BCUT2D eigenvalue weighted by Gasteiger charge is -2.34. The molecule has 1 aromatic carbocycles. The average molecular weight is 375 g/mol. The normalized spacial score (nSPS) is 19.0. The third-order valence-corrected chi connectivity index (χ3v) is 5.10. The monoisotopic (exact) mass is 375 g/mol. The van der Waals surface area contributed by atoms with Crippen LogP contribution in [0.5, 0.6) is 0 Å². The molecule has 1 saturated heterocycles. The Morgan fingerprint density at radius 1 is 1.44 bits per heavy atom. The molecule has 0 bridgehead atoms. The van der Waals surface area contributed by atoms with E-state index in [2.05, 4.69) is 22.1 Å². The number of aromatic amines is 1. The molecule has 1 fully saturated rings. The van der Waals surface area contributed by atoms with Gasteiger partial charge in [0.25, 0.3) is 0 Å². The maximum Gasteiger partial charge on any atom is 0.356 e. The lowest BCUT2D eigenvalue weighted by Crippen LogP contribution is -2.46. The number of H-pyrrole nitrogens is 1. The Labute approximate surface area is 158 Å². The van der Waals surface area contributed by atoms with Crippen molar-refractivity contribution in [1.29, 1.82) is 0 Å². The summed E-state index contributed by atoms with van der Waals surface area (Å²) < 4.78 is 18.8. The number of fused-ring (bicyclic) bond motifs is 1. The van der Waals surface area contributed by atoms with Crippen LogP contribution in [0.1, 0.15) is 44.1 Å². The van der Waals surface area contributed by atoms with Crippen molar-refractivity contribution in [3.05, 3.63) is 29.7 Å². The van der Waals surface area contributed by atoms with Crippen molar-refractivity contribution in [1.82, 2.24) is 9.88 Å². The lowest BCUT2D eigenvalue weighted by molar-refractivity contribution is -0.121. The molecule has 0 aliphatic carbocycles. The van der Waals surface area contributed by atoms with Crippen LogP contribution in [0, 0.1) is 11.7 Å². The highest BCUT2D eigenvalue weighted by atomic mass is 19.1. The minimum Gasteiger partial charge on any atom is -0.461 e. The quantitative estimate of drug-likeness (QED) is 0.784. The van der Waals surface area contributed by atoms with Crippen LogP contribution in [0.25, 0.3) is 10.9 Å². The van der Waals surface area contributed by atoms with Gasteiger partial charge in [-0.25, -0.2) is 9.18 Å². The maximum absolute atomic E-state index is 13.8. The third-order valence-electron chi connectivity index (χ3n) is 5.10. The number of aromatic nitrogens is 1. The van der Waals surface area contributed by atoms with Crippen LogP contribution in [-0.2, 0) is 9.53 Å². The number of amides is 1. The minimum atomic E-state index is -0.580. The molecule has 3 rings (SSSR count). The number of hydrogen-bond donors (Lipinski definition) is 2. The van der Waals surface area contributed by atoms with Gasteiger partial charge in [-0.15, -0.1) is 0 Å². The number of esters is 1. The van der Waals surface area contributed by atoms with Crippen molar-refractivity contribution in [2.45, 2.75) is 39.7 Å². The van der Waals surface area contributed by atoms with E-state index < -0.39 is 11.8 Å². The fourth-order valence-corrected chi connectivity index (χ4v) is 3.62. The van der Waals surface area contributed by atoms with E-state index in [1.54, 1.807) is 13.0 Å². The average Bonchev–Trinajstić information content (AvgIpc) is 2.99. The third kappa shape index (κ3) is 4.13. The minimum absolute atomic E-state index is 0.130. The molecule has 0 saturated carbocycles. The SMILES string of the molecule is CCOC(=O)c1[nH]c2ccc(F)cc2c1NC(=O)C(C)N1CCCC(C)C1. The second kappa shape index (κ2) is 8.08. The van der Waals surface area contributed by atoms with Crippen LogP contribution >= 0.6 is 0 Å². The molecule has 2 N–H and O–H groups in total. The number of likely N-dealkylation sites (tertiary alicyclic amines) is 1. The van der Waals surface area contributed by atoms with E-state index in [-0.39, 0.29) is 29.9 Å². The van der Waals surface area contributed by atoms with Crippen LogP contribution in [0.4, 0.5) is 10.1 Å². The van der Waals surface area contributed by atoms with Crippen molar-refractivity contribution >= 4 is 28.5 Å². The smallest absolute Gasteiger partial charge is 0.356 e. The summed E-state index contributed by atoms with van der Waals surface area (Å²) in [7, 11) is 0. The summed E-state index contributed by atoms with van der Waals surface area (Å²) in [4.78, 5) is 30.3. The number of nitrogens with one attached hydrogen (secondary N) is 2. The Morgan fingerprint density at radius 3 is 2.93 bits per heavy atom. The van der Waals surface area contributed by atoms with Gasteiger partial charge in [-0.1, -0.05) is 6.92 Å². The van der Waals surface area contributed by atoms with Crippen LogP contribution in [0.3, 0.4) is 0 Å². The van der Waals surface area contributed by atoms with Gasteiger partial charge in [-0.3, -0.25) is 9.69 Å². The van der Waals surface area contributed by atoms with Crippen LogP contribution in [0.2, 0.25) is 0 Å². The van der Waals surface area contributed by atoms with Crippen molar-refractivity contribution in [3.63, 3.8) is 0 Å². The number of benzene rings is 1. The highest BCUT2D eigenvalue weighted by Crippen LogP contribution is 2.30. The van der Waals surface area contributed by atoms with Crippen molar-refractivity contribution in [3.8, 4) is 0 Å². The Bertz CT molecular complexity index is 848. The molecule has 2 aromatic rings. The number of rotatable bonds is 5. The zero-order valence-corrected chi connectivity index (χ0v) is 16.0. The van der Waals surface area contributed by atoms with E-state index in [4.69, 9.17) is 4.74 Å². The van der Waals surface area contributed by atoms with Gasteiger partial charge in [0.1, 0.15) is 11.5 Å². The summed E-state index contributed by atoms with van der Waals surface area (Å²) in [5.74, 6) is -0.694. The van der Waals surface area contributed by atoms with Gasteiger partial charge in [0, 0.05) is 17.4 Å². The van der Waals surface area contributed by atoms with Gasteiger partial charge in [-0.05, 0) is 57.4 Å². The summed E-state index contributed by atoms with van der Waals surface area (Å²) in [6.07, 6.45) is 2.23. The molecule has 27 heavy (non-hydrogen) atoms. The van der Waals surface area contributed by atoms with Crippen LogP contribution in [0.15, 0.2) is 18.2 Å². The summed E-state index contributed by atoms with van der Waals surface area (Å²) in [6, 6.07) is 3.80. The molecule has 1 amide bonds. The fourth-order valence-electron chi connectivity index (χ4n) is 3.62. The Morgan fingerprint density at radius 2 is 2.22 bits per heavy atom. The number of halogens is 1. The Kier molecular flexibility index (Phi) is 5.79. The molecule has 1 aliphatic heterocycles. The molecular weight excluding hydrogens is 349 g/mol. The Balaban J connectivity index is 1.90. The van der Waals surface area contributed by atoms with Gasteiger partial charge in [-0.2, -0.15) is 0 Å². The molecule has 0 spiro atoms. The zero-order valence-electron chi connectivity index (χ0n) is 16.0. The zero-order chi connectivity index (χ0) is 19.6. The van der Waals surface area contributed by atoms with Crippen molar-refractivity contribution < 1.29 is 18.7 Å². The number of carbonyl (C=O) groups is 2. The summed E-state index contributed by atoms with van der Waals surface area (Å²) >= 11 is 0. The van der Waals surface area contributed by atoms with E-state index in [1.165, 1.54) is 18.6 Å². The van der Waals surface area contributed by atoms with Crippen LogP contribution in [-0.4, -0.2) is 47.5 Å². The molecule has 6 nitrogen and oxygen atoms in total. The van der Waals surface area contributed by atoms with Crippen molar-refractivity contribution in [2.24, 2.45) is 5.92 Å². The molecule has 1 aliphatic rings. The number of ether oxygens (including phenoxy) is 1. The first kappa shape index (κ1) is 19.4. The van der Waals surface area contributed by atoms with Gasteiger partial charge in [0.15, 0.2) is 0 Å². The first-order chi connectivity index (χ1) is 12.9. The highest BCUT2D eigenvalue weighted by Gasteiger charge is 2.28. The van der Waals surface area contributed by atoms with Gasteiger partial charge in [0.05, 0.1) is 18.3 Å². The number of carbonyl (C=O) groups excluding carboxylic acids is 2. The standard InChI is InChI=1S/C20H26FN3O3/c1-4-27-20(26)18-17(15-10-14(21)7-8-16(15)22-18)23-19(25)13(3)24-9-5-6-12(2)11-24/h7-8,10,12-13,22H,4-6,9,11H2,1-3H3,(H,23,25). The van der Waals surface area contributed by atoms with E-state index in [0.29, 0.717) is 16.8 Å². The molecule has 2 atom stereocenters. The summed E-state index contributed by atoms with van der Waals surface area (Å²) in [5.41, 5.74) is 0.962. The maximum atomic E-state index is 13.8. The molecular formula is C20H26FN3O3. The first-order valence-electron chi connectivity index (χ1n) is 9.44. The van der Waals surface area contributed by atoms with Gasteiger partial charge < -0.3 is 15.0 Å². The second-order valence-corrected chi connectivity index (χ2v) is 7.19. The second-order valence-electron chi connectivity index (χ2n) is 7.19. The molecule has 2 unspecified atom stereocenters. The number of anilines is 1. The van der Waals surface area contributed by atoms with Crippen molar-refractivity contribution in [2.75, 3.05) is 25.0 Å². The topological polar surface area (TPSA) is 74.4 Å².